The van der Waals surface area contributed by atoms with Crippen LogP contribution in [0.15, 0.2) is 12.2 Å². The maximum atomic E-state index is 10.8. The summed E-state index contributed by atoms with van der Waals surface area (Å²) < 4.78 is 4.53. The van der Waals surface area contributed by atoms with Crippen molar-refractivity contribution in [2.45, 2.75) is 58.0 Å². The van der Waals surface area contributed by atoms with Crippen molar-refractivity contribution >= 4 is 5.97 Å². The van der Waals surface area contributed by atoms with Crippen LogP contribution in [0.1, 0.15) is 51.9 Å². The molecule has 94 valence electrons. The van der Waals surface area contributed by atoms with Gasteiger partial charge >= 0.3 is 5.97 Å². The Morgan fingerprint density at radius 2 is 2.12 bits per heavy atom. The van der Waals surface area contributed by atoms with Crippen molar-refractivity contribution in [3.63, 3.8) is 0 Å². The second-order valence-corrected chi connectivity index (χ2v) is 3.96. The molecule has 0 aromatic heterocycles. The third kappa shape index (κ3) is 9.71. The summed E-state index contributed by atoms with van der Waals surface area (Å²) in [6.45, 7) is 2.15. The van der Waals surface area contributed by atoms with Crippen LogP contribution in [0, 0.1) is 0 Å². The number of unbranched alkanes of at least 4 members (excludes halogenated alkanes) is 3. The number of aliphatic hydroxyl groups excluding tert-OH is 1. The number of esters is 1. The van der Waals surface area contributed by atoms with Gasteiger partial charge in [-0.25, -0.2) is 0 Å². The minimum atomic E-state index is -0.329. The van der Waals surface area contributed by atoms with Crippen LogP contribution in [0.5, 0.6) is 0 Å². The smallest absolute Gasteiger partial charge is 0.305 e. The summed E-state index contributed by atoms with van der Waals surface area (Å²) >= 11 is 0. The number of aliphatic hydroxyl groups is 1. The van der Waals surface area contributed by atoms with E-state index in [2.05, 4.69) is 11.7 Å². The first-order chi connectivity index (χ1) is 7.70. The maximum Gasteiger partial charge on any atom is 0.305 e. The fourth-order valence-electron chi connectivity index (χ4n) is 1.42. The summed E-state index contributed by atoms with van der Waals surface area (Å²) in [6, 6.07) is 0. The van der Waals surface area contributed by atoms with Crippen LogP contribution < -0.4 is 0 Å². The highest BCUT2D eigenvalue weighted by atomic mass is 16.5. The number of hydrogen-bond donors (Lipinski definition) is 1. The lowest BCUT2D eigenvalue weighted by molar-refractivity contribution is -0.140. The van der Waals surface area contributed by atoms with Gasteiger partial charge in [-0.15, -0.1) is 0 Å². The lowest BCUT2D eigenvalue weighted by Crippen LogP contribution is -2.01. The van der Waals surface area contributed by atoms with E-state index in [9.17, 15) is 9.90 Å². The molecule has 3 heteroatoms. The molecule has 0 amide bonds. The molecule has 1 N–H and O–H groups in total. The normalized spacial score (nSPS) is 12.9. The molecule has 0 heterocycles. The Morgan fingerprint density at radius 1 is 1.38 bits per heavy atom. The van der Waals surface area contributed by atoms with Crippen molar-refractivity contribution in [3.05, 3.63) is 12.2 Å². The summed E-state index contributed by atoms with van der Waals surface area (Å²) in [6.07, 6.45) is 9.75. The summed E-state index contributed by atoms with van der Waals surface area (Å²) in [4.78, 5) is 10.8. The molecule has 0 aliphatic heterocycles. The maximum absolute atomic E-state index is 10.8. The summed E-state index contributed by atoms with van der Waals surface area (Å²) in [5, 5.41) is 9.55. The average molecular weight is 228 g/mol. The topological polar surface area (TPSA) is 46.5 Å². The Hall–Kier alpha value is -0.830. The van der Waals surface area contributed by atoms with Crippen molar-refractivity contribution < 1.29 is 14.6 Å². The summed E-state index contributed by atoms with van der Waals surface area (Å²) in [5.41, 5.74) is 0. The molecule has 3 nitrogen and oxygen atoms in total. The molecule has 0 rings (SSSR count). The molecule has 0 aliphatic carbocycles. The zero-order valence-corrected chi connectivity index (χ0v) is 10.4. The molecule has 0 saturated carbocycles. The first-order valence-corrected chi connectivity index (χ1v) is 6.12. The molecule has 0 saturated heterocycles. The number of allylic oxidation sites excluding steroid dienone is 1. The molecule has 0 aromatic rings. The van der Waals surface area contributed by atoms with E-state index in [-0.39, 0.29) is 12.1 Å². The van der Waals surface area contributed by atoms with Crippen molar-refractivity contribution in [1.29, 1.82) is 0 Å². The van der Waals surface area contributed by atoms with Crippen LogP contribution in [0.2, 0.25) is 0 Å². The highest BCUT2D eigenvalue weighted by molar-refractivity contribution is 5.68. The Bertz CT molecular complexity index is 199. The zero-order valence-electron chi connectivity index (χ0n) is 10.4. The standard InChI is InChI=1S/C13H24O3/c1-3-4-6-9-12(14)10-7-5-8-11-13(15)16-2/h7,10,12,14H,3-6,8-9,11H2,1-2H3/b10-7+/t12-/m1/s1. The van der Waals surface area contributed by atoms with Crippen molar-refractivity contribution in [2.24, 2.45) is 0 Å². The van der Waals surface area contributed by atoms with Crippen LogP contribution in [-0.4, -0.2) is 24.3 Å². The molecule has 1 atom stereocenters. The molecular formula is C13H24O3. The minimum Gasteiger partial charge on any atom is -0.469 e. The average Bonchev–Trinajstić information content (AvgIpc) is 2.28. The van der Waals surface area contributed by atoms with Gasteiger partial charge in [0.15, 0.2) is 0 Å². The number of methoxy groups -OCH3 is 1. The number of rotatable bonds is 9. The summed E-state index contributed by atoms with van der Waals surface area (Å²) in [5.74, 6) is -0.170. The van der Waals surface area contributed by atoms with E-state index in [0.717, 1.165) is 25.7 Å². The minimum absolute atomic E-state index is 0.170. The fraction of sp³-hybridized carbons (Fsp3) is 0.769. The fourth-order valence-corrected chi connectivity index (χ4v) is 1.42. The van der Waals surface area contributed by atoms with E-state index in [1.165, 1.54) is 20.0 Å². The lowest BCUT2D eigenvalue weighted by atomic mass is 10.1. The molecule has 16 heavy (non-hydrogen) atoms. The molecule has 0 aromatic carbocycles. The molecule has 0 aliphatic rings. The third-order valence-electron chi connectivity index (χ3n) is 2.44. The van der Waals surface area contributed by atoms with Gasteiger partial charge in [-0.1, -0.05) is 38.3 Å². The first kappa shape index (κ1) is 15.2. The Kier molecular flexibility index (Phi) is 10.1. The highest BCUT2D eigenvalue weighted by Crippen LogP contribution is 2.05. The van der Waals surface area contributed by atoms with Crippen molar-refractivity contribution in [1.82, 2.24) is 0 Å². The quantitative estimate of drug-likeness (QED) is 0.375. The van der Waals surface area contributed by atoms with E-state index in [1.54, 1.807) is 0 Å². The van der Waals surface area contributed by atoms with Gasteiger partial charge in [0.25, 0.3) is 0 Å². The van der Waals surface area contributed by atoms with Gasteiger partial charge in [0.2, 0.25) is 0 Å². The van der Waals surface area contributed by atoms with Crippen molar-refractivity contribution in [2.75, 3.05) is 7.11 Å². The van der Waals surface area contributed by atoms with Crippen LogP contribution in [0.25, 0.3) is 0 Å². The van der Waals surface area contributed by atoms with Crippen LogP contribution in [0.4, 0.5) is 0 Å². The third-order valence-corrected chi connectivity index (χ3v) is 2.44. The van der Waals surface area contributed by atoms with Gasteiger partial charge in [-0.2, -0.15) is 0 Å². The highest BCUT2D eigenvalue weighted by Gasteiger charge is 1.99. The van der Waals surface area contributed by atoms with E-state index in [1.807, 2.05) is 12.2 Å². The van der Waals surface area contributed by atoms with Gasteiger partial charge in [0, 0.05) is 6.42 Å². The predicted molar refractivity (Wildman–Crippen MR) is 65.2 cm³/mol. The van der Waals surface area contributed by atoms with Crippen molar-refractivity contribution in [3.8, 4) is 0 Å². The molecule has 0 radical (unpaired) electrons. The Morgan fingerprint density at radius 3 is 2.75 bits per heavy atom. The van der Waals surface area contributed by atoms with E-state index >= 15 is 0 Å². The van der Waals surface area contributed by atoms with Crippen LogP contribution in [-0.2, 0) is 9.53 Å². The first-order valence-electron chi connectivity index (χ1n) is 6.12. The van der Waals surface area contributed by atoms with Gasteiger partial charge in [-0.3, -0.25) is 4.79 Å². The largest absolute Gasteiger partial charge is 0.469 e. The number of carbonyl (C=O) groups is 1. The van der Waals surface area contributed by atoms with Gasteiger partial charge in [0.05, 0.1) is 13.2 Å². The second kappa shape index (κ2) is 10.7. The predicted octanol–water partition coefficient (Wildman–Crippen LogP) is 2.83. The van der Waals surface area contributed by atoms with E-state index in [0.29, 0.717) is 6.42 Å². The molecule has 0 unspecified atom stereocenters. The Balaban J connectivity index is 3.41. The molecule has 0 spiro atoms. The number of ether oxygens (including phenoxy) is 1. The molecule has 0 fully saturated rings. The second-order valence-electron chi connectivity index (χ2n) is 3.96. The monoisotopic (exact) mass is 228 g/mol. The number of carbonyl (C=O) groups excluding carboxylic acids is 1. The Labute approximate surface area is 98.5 Å². The molecule has 0 bridgehead atoms. The van der Waals surface area contributed by atoms with Crippen LogP contribution >= 0.6 is 0 Å². The van der Waals surface area contributed by atoms with E-state index in [4.69, 9.17) is 0 Å². The van der Waals surface area contributed by atoms with Gasteiger partial charge in [-0.05, 0) is 19.3 Å². The SMILES string of the molecule is CCCCC[C@@H](O)/C=C/CCCC(=O)OC. The number of hydrogen-bond acceptors (Lipinski definition) is 3. The van der Waals surface area contributed by atoms with Gasteiger partial charge in [0.1, 0.15) is 0 Å². The molecular weight excluding hydrogens is 204 g/mol. The summed E-state index contributed by atoms with van der Waals surface area (Å²) in [7, 11) is 1.40. The lowest BCUT2D eigenvalue weighted by Gasteiger charge is -2.03. The zero-order chi connectivity index (χ0) is 12.2. The van der Waals surface area contributed by atoms with Gasteiger partial charge < -0.3 is 9.84 Å². The van der Waals surface area contributed by atoms with Crippen LogP contribution in [0.3, 0.4) is 0 Å². The van der Waals surface area contributed by atoms with E-state index < -0.39 is 0 Å².